The largest absolute Gasteiger partial charge is 0.279 e. The molecule has 13 heavy (non-hydrogen) atoms. The Balaban J connectivity index is 2.31. The van der Waals surface area contributed by atoms with Crippen LogP contribution in [0.1, 0.15) is 19.3 Å². The molecule has 0 aliphatic carbocycles. The first-order chi connectivity index (χ1) is 6.15. The van der Waals surface area contributed by atoms with Gasteiger partial charge in [-0.2, -0.15) is 12.7 Å². The lowest BCUT2D eigenvalue weighted by atomic mass is 10.2. The van der Waals surface area contributed by atoms with E-state index in [2.05, 4.69) is 10.8 Å². The summed E-state index contributed by atoms with van der Waals surface area (Å²) >= 11 is 0. The molecule has 1 saturated heterocycles. The van der Waals surface area contributed by atoms with Gasteiger partial charge in [-0.05, 0) is 19.3 Å². The van der Waals surface area contributed by atoms with Crippen molar-refractivity contribution in [2.24, 2.45) is 0 Å². The van der Waals surface area contributed by atoms with E-state index in [1.807, 2.05) is 6.08 Å². The monoisotopic (exact) mass is 202 g/mol. The van der Waals surface area contributed by atoms with Gasteiger partial charge in [0.2, 0.25) is 0 Å². The topological polar surface area (TPSA) is 49.4 Å². The van der Waals surface area contributed by atoms with Crippen molar-refractivity contribution in [1.82, 2.24) is 9.03 Å². The van der Waals surface area contributed by atoms with Gasteiger partial charge in [-0.1, -0.05) is 12.2 Å². The molecule has 2 rings (SSSR count). The van der Waals surface area contributed by atoms with Gasteiger partial charge < -0.3 is 0 Å². The van der Waals surface area contributed by atoms with Crippen LogP contribution in [0.15, 0.2) is 12.2 Å². The van der Waals surface area contributed by atoms with E-state index in [-0.39, 0.29) is 12.1 Å². The maximum Gasteiger partial charge on any atom is 0.279 e. The van der Waals surface area contributed by atoms with Gasteiger partial charge in [-0.3, -0.25) is 0 Å². The van der Waals surface area contributed by atoms with Crippen molar-refractivity contribution in [3.05, 3.63) is 12.2 Å². The minimum atomic E-state index is -3.23. The number of hydrogen-bond donors (Lipinski definition) is 1. The zero-order valence-electron chi connectivity index (χ0n) is 7.60. The third-order valence-corrected chi connectivity index (χ3v) is 4.42. The minimum absolute atomic E-state index is 0.0937. The molecule has 0 saturated carbocycles. The molecule has 1 N–H and O–H groups in total. The maximum absolute atomic E-state index is 11.6. The summed E-state index contributed by atoms with van der Waals surface area (Å²) in [5.41, 5.74) is 0. The van der Waals surface area contributed by atoms with Crippen molar-refractivity contribution >= 4 is 10.2 Å². The third kappa shape index (κ3) is 1.41. The zero-order valence-corrected chi connectivity index (χ0v) is 8.42. The Hall–Kier alpha value is -0.390. The number of fused-ring (bicyclic) bond motifs is 2. The first-order valence-corrected chi connectivity index (χ1v) is 5.98. The molecule has 0 aromatic rings. The molecule has 2 heterocycles. The molecular weight excluding hydrogens is 188 g/mol. The number of hydrogen-bond acceptors (Lipinski definition) is 2. The Morgan fingerprint density at radius 3 is 2.85 bits per heavy atom. The van der Waals surface area contributed by atoms with E-state index in [1.165, 1.54) is 7.05 Å². The molecule has 2 aliphatic heterocycles. The standard InChI is InChI=1S/C8H14N2O2S/c1-9-13(11,12)10-7-3-2-4-8(10)6-5-7/h2-3,7-9H,4-6H2,1H3. The van der Waals surface area contributed by atoms with E-state index in [1.54, 1.807) is 4.31 Å². The molecule has 0 aromatic heterocycles. The number of rotatable bonds is 2. The summed E-state index contributed by atoms with van der Waals surface area (Å²) in [5, 5.41) is 0. The van der Waals surface area contributed by atoms with Gasteiger partial charge in [0, 0.05) is 19.1 Å². The van der Waals surface area contributed by atoms with Crippen LogP contribution in [-0.2, 0) is 10.2 Å². The number of nitrogens with zero attached hydrogens (tertiary/aromatic N) is 1. The molecule has 2 unspecified atom stereocenters. The number of nitrogens with one attached hydrogen (secondary N) is 1. The second-order valence-electron chi connectivity index (χ2n) is 3.50. The summed E-state index contributed by atoms with van der Waals surface area (Å²) in [6.45, 7) is 0. The average Bonchev–Trinajstić information content (AvgIpc) is 2.39. The smallest absolute Gasteiger partial charge is 0.205 e. The van der Waals surface area contributed by atoms with Gasteiger partial charge in [-0.15, -0.1) is 0 Å². The van der Waals surface area contributed by atoms with Crippen molar-refractivity contribution in [2.75, 3.05) is 7.05 Å². The van der Waals surface area contributed by atoms with Crippen LogP contribution in [0.4, 0.5) is 0 Å². The summed E-state index contributed by atoms with van der Waals surface area (Å²) in [6, 6.07) is 0.281. The zero-order chi connectivity index (χ0) is 9.47. The first-order valence-electron chi connectivity index (χ1n) is 4.54. The third-order valence-electron chi connectivity index (χ3n) is 2.78. The molecule has 0 aromatic carbocycles. The lowest BCUT2D eigenvalue weighted by molar-refractivity contribution is 0.337. The fourth-order valence-electron chi connectivity index (χ4n) is 2.16. The molecule has 0 amide bonds. The maximum atomic E-state index is 11.6. The Morgan fingerprint density at radius 1 is 1.46 bits per heavy atom. The second-order valence-corrected chi connectivity index (χ2v) is 5.28. The van der Waals surface area contributed by atoms with Gasteiger partial charge in [-0.25, -0.2) is 4.72 Å². The average molecular weight is 202 g/mol. The van der Waals surface area contributed by atoms with Crippen LogP contribution in [0, 0.1) is 0 Å². The molecule has 0 spiro atoms. The first kappa shape index (κ1) is 9.18. The van der Waals surface area contributed by atoms with E-state index in [4.69, 9.17) is 0 Å². The molecule has 2 bridgehead atoms. The predicted octanol–water partition coefficient (Wildman–Crippen LogP) is 0.243. The molecule has 2 atom stereocenters. The SMILES string of the molecule is CNS(=O)(=O)N1C2C=CCC1CC2. The van der Waals surface area contributed by atoms with Crippen molar-refractivity contribution in [2.45, 2.75) is 31.3 Å². The van der Waals surface area contributed by atoms with Crippen molar-refractivity contribution < 1.29 is 8.42 Å². The molecule has 1 fully saturated rings. The van der Waals surface area contributed by atoms with Crippen molar-refractivity contribution in [3.63, 3.8) is 0 Å². The Labute approximate surface area is 78.8 Å². The van der Waals surface area contributed by atoms with E-state index in [0.29, 0.717) is 0 Å². The summed E-state index contributed by atoms with van der Waals surface area (Å²) in [4.78, 5) is 0. The van der Waals surface area contributed by atoms with Crippen LogP contribution in [0.3, 0.4) is 0 Å². The second kappa shape index (κ2) is 3.08. The Morgan fingerprint density at radius 2 is 2.23 bits per heavy atom. The van der Waals surface area contributed by atoms with Gasteiger partial charge in [0.05, 0.1) is 0 Å². The lowest BCUT2D eigenvalue weighted by Gasteiger charge is -2.29. The normalized spacial score (nSPS) is 33.9. The van der Waals surface area contributed by atoms with Crippen LogP contribution >= 0.6 is 0 Å². The summed E-state index contributed by atoms with van der Waals surface area (Å²) in [7, 11) is -1.76. The molecule has 0 radical (unpaired) electrons. The highest BCUT2D eigenvalue weighted by molar-refractivity contribution is 7.87. The highest BCUT2D eigenvalue weighted by Crippen LogP contribution is 2.33. The Kier molecular flexibility index (Phi) is 2.17. The van der Waals surface area contributed by atoms with Crippen LogP contribution in [0.5, 0.6) is 0 Å². The van der Waals surface area contributed by atoms with E-state index in [0.717, 1.165) is 19.3 Å². The molecule has 2 aliphatic rings. The Bertz CT molecular complexity index is 323. The van der Waals surface area contributed by atoms with Gasteiger partial charge in [0.25, 0.3) is 10.2 Å². The quantitative estimate of drug-likeness (QED) is 0.652. The van der Waals surface area contributed by atoms with Crippen LogP contribution < -0.4 is 4.72 Å². The van der Waals surface area contributed by atoms with E-state index in [9.17, 15) is 8.42 Å². The summed E-state index contributed by atoms with van der Waals surface area (Å²) in [5.74, 6) is 0. The van der Waals surface area contributed by atoms with Gasteiger partial charge >= 0.3 is 0 Å². The lowest BCUT2D eigenvalue weighted by Crippen LogP contribution is -2.46. The highest BCUT2D eigenvalue weighted by Gasteiger charge is 2.40. The van der Waals surface area contributed by atoms with Crippen LogP contribution in [0.2, 0.25) is 0 Å². The highest BCUT2D eigenvalue weighted by atomic mass is 32.2. The van der Waals surface area contributed by atoms with Crippen molar-refractivity contribution in [3.8, 4) is 0 Å². The van der Waals surface area contributed by atoms with E-state index < -0.39 is 10.2 Å². The van der Waals surface area contributed by atoms with Gasteiger partial charge in [0.15, 0.2) is 0 Å². The fraction of sp³-hybridized carbons (Fsp3) is 0.750. The van der Waals surface area contributed by atoms with Gasteiger partial charge in [0.1, 0.15) is 0 Å². The predicted molar refractivity (Wildman–Crippen MR) is 50.4 cm³/mol. The summed E-state index contributed by atoms with van der Waals surface area (Å²) < 4.78 is 27.2. The molecule has 5 heteroatoms. The van der Waals surface area contributed by atoms with E-state index >= 15 is 0 Å². The van der Waals surface area contributed by atoms with Crippen LogP contribution in [0.25, 0.3) is 0 Å². The van der Waals surface area contributed by atoms with Crippen molar-refractivity contribution in [1.29, 1.82) is 0 Å². The minimum Gasteiger partial charge on any atom is -0.205 e. The fourth-order valence-corrected chi connectivity index (χ4v) is 3.49. The molecule has 74 valence electrons. The van der Waals surface area contributed by atoms with Crippen LogP contribution in [-0.4, -0.2) is 31.9 Å². The molecular formula is C8H14N2O2S. The summed E-state index contributed by atoms with van der Waals surface area (Å²) in [6.07, 6.45) is 6.89. The molecule has 4 nitrogen and oxygen atoms in total.